The molecule has 1 aliphatic rings. The number of carbonyl (C=O) groups is 2. The van der Waals surface area contributed by atoms with Crippen molar-refractivity contribution in [1.82, 2.24) is 9.62 Å². The van der Waals surface area contributed by atoms with Gasteiger partial charge in [-0.3, -0.25) is 9.59 Å². The number of hydrogen-bond acceptors (Lipinski definition) is 6. The molecule has 0 radical (unpaired) electrons. The molecule has 0 saturated carbocycles. The van der Waals surface area contributed by atoms with Crippen LogP contribution in [0.3, 0.4) is 0 Å². The molecular formula is C19H25F3N2O6S. The number of benzene rings is 1. The molecule has 174 valence electrons. The summed E-state index contributed by atoms with van der Waals surface area (Å²) >= 11 is 0. The molecule has 0 unspecified atom stereocenters. The highest BCUT2D eigenvalue weighted by molar-refractivity contribution is 7.89. The summed E-state index contributed by atoms with van der Waals surface area (Å²) in [6, 6.07) is 1.77. The van der Waals surface area contributed by atoms with E-state index in [0.29, 0.717) is 32.4 Å². The molecule has 31 heavy (non-hydrogen) atoms. The van der Waals surface area contributed by atoms with Gasteiger partial charge in [-0.1, -0.05) is 19.9 Å². The van der Waals surface area contributed by atoms with Crippen LogP contribution in [0.1, 0.15) is 26.3 Å². The van der Waals surface area contributed by atoms with Gasteiger partial charge in [-0.15, -0.1) is 0 Å². The van der Waals surface area contributed by atoms with Crippen molar-refractivity contribution in [2.45, 2.75) is 44.0 Å². The van der Waals surface area contributed by atoms with E-state index in [1.165, 1.54) is 25.7 Å². The number of hydrogen-bond donors (Lipinski definition) is 1. The average molecular weight is 466 g/mol. The second kappa shape index (κ2) is 9.96. The number of rotatable bonds is 7. The number of carbonyl (C=O) groups excluding carboxylic acids is 2. The van der Waals surface area contributed by atoms with E-state index in [1.807, 2.05) is 0 Å². The summed E-state index contributed by atoms with van der Waals surface area (Å²) in [6.07, 6.45) is -5.89. The standard InChI is InChI=1S/C19H25F3N2O6S/c1-12(2)16(18(26)30-13(3)17(25)24-7-9-29-10-8-24)23-31(27,28)15-6-4-5-14(11-15)19(20,21)22/h4-6,11-13,16,23H,7-10H2,1-3H3/t13-,16-/m0/s1. The molecule has 0 bridgehead atoms. The maximum Gasteiger partial charge on any atom is 0.416 e. The molecule has 1 fully saturated rings. The highest BCUT2D eigenvalue weighted by Gasteiger charge is 2.35. The van der Waals surface area contributed by atoms with Crippen LogP contribution in [-0.4, -0.2) is 63.6 Å². The molecule has 12 heteroatoms. The Labute approximate surface area is 178 Å². The molecular weight excluding hydrogens is 441 g/mol. The van der Waals surface area contributed by atoms with Crippen LogP contribution in [0.15, 0.2) is 29.2 Å². The predicted octanol–water partition coefficient (Wildman–Crippen LogP) is 1.80. The third-order valence-corrected chi connectivity index (χ3v) is 6.08. The van der Waals surface area contributed by atoms with E-state index in [0.717, 1.165) is 18.2 Å². The second-order valence-corrected chi connectivity index (χ2v) is 9.10. The highest BCUT2D eigenvalue weighted by atomic mass is 32.2. The van der Waals surface area contributed by atoms with Gasteiger partial charge in [0.25, 0.3) is 5.91 Å². The average Bonchev–Trinajstić information content (AvgIpc) is 2.71. The van der Waals surface area contributed by atoms with Crippen molar-refractivity contribution in [3.05, 3.63) is 29.8 Å². The van der Waals surface area contributed by atoms with Gasteiger partial charge < -0.3 is 14.4 Å². The van der Waals surface area contributed by atoms with Gasteiger partial charge in [0.05, 0.1) is 23.7 Å². The zero-order chi connectivity index (χ0) is 23.4. The van der Waals surface area contributed by atoms with E-state index >= 15 is 0 Å². The normalized spacial score (nSPS) is 17.3. The fourth-order valence-corrected chi connectivity index (χ4v) is 4.25. The Morgan fingerprint density at radius 2 is 1.77 bits per heavy atom. The number of halogens is 3. The quantitative estimate of drug-likeness (QED) is 0.615. The molecule has 1 saturated heterocycles. The first-order chi connectivity index (χ1) is 14.3. The van der Waals surface area contributed by atoms with E-state index in [2.05, 4.69) is 4.72 Å². The van der Waals surface area contributed by atoms with Gasteiger partial charge in [0, 0.05) is 13.1 Å². The lowest BCUT2D eigenvalue weighted by Crippen LogP contribution is -2.49. The maximum atomic E-state index is 12.9. The first-order valence-electron chi connectivity index (χ1n) is 9.59. The summed E-state index contributed by atoms with van der Waals surface area (Å²) in [5, 5.41) is 0. The van der Waals surface area contributed by atoms with Crippen molar-refractivity contribution < 1.29 is 40.7 Å². The summed E-state index contributed by atoms with van der Waals surface area (Å²) in [7, 11) is -4.47. The number of sulfonamides is 1. The van der Waals surface area contributed by atoms with E-state index in [1.54, 1.807) is 0 Å². The Morgan fingerprint density at radius 1 is 1.16 bits per heavy atom. The van der Waals surface area contributed by atoms with Gasteiger partial charge >= 0.3 is 12.1 Å². The Hall–Kier alpha value is -2.18. The number of morpholine rings is 1. The number of nitrogens with one attached hydrogen (secondary N) is 1. The van der Waals surface area contributed by atoms with Crippen LogP contribution in [0.25, 0.3) is 0 Å². The molecule has 1 aliphatic heterocycles. The summed E-state index contributed by atoms with van der Waals surface area (Å²) in [5.41, 5.74) is -1.14. The SMILES string of the molecule is CC(C)[C@H](NS(=O)(=O)c1cccc(C(F)(F)F)c1)C(=O)O[C@@H](C)C(=O)N1CCOCC1. The lowest BCUT2D eigenvalue weighted by atomic mass is 10.1. The monoisotopic (exact) mass is 466 g/mol. The summed E-state index contributed by atoms with van der Waals surface area (Å²) in [5.74, 6) is -2.04. The third-order valence-electron chi connectivity index (χ3n) is 4.64. The van der Waals surface area contributed by atoms with Crippen molar-refractivity contribution in [2.75, 3.05) is 26.3 Å². The zero-order valence-corrected chi connectivity index (χ0v) is 18.1. The largest absolute Gasteiger partial charge is 0.451 e. The van der Waals surface area contributed by atoms with Crippen molar-refractivity contribution >= 4 is 21.9 Å². The maximum absolute atomic E-state index is 12.9. The van der Waals surface area contributed by atoms with Gasteiger partial charge in [-0.05, 0) is 31.0 Å². The van der Waals surface area contributed by atoms with Crippen molar-refractivity contribution in [1.29, 1.82) is 0 Å². The smallest absolute Gasteiger partial charge is 0.416 e. The Kier molecular flexibility index (Phi) is 8.06. The number of amides is 1. The highest BCUT2D eigenvalue weighted by Crippen LogP contribution is 2.30. The molecule has 8 nitrogen and oxygen atoms in total. The molecule has 1 heterocycles. The summed E-state index contributed by atoms with van der Waals surface area (Å²) in [6.45, 7) is 5.85. The molecule has 0 aliphatic carbocycles. The van der Waals surface area contributed by atoms with Crippen molar-refractivity contribution in [3.8, 4) is 0 Å². The molecule has 1 aromatic carbocycles. The van der Waals surface area contributed by atoms with Crippen LogP contribution < -0.4 is 4.72 Å². The topological polar surface area (TPSA) is 102 Å². The minimum Gasteiger partial charge on any atom is -0.451 e. The third kappa shape index (κ3) is 6.65. The van der Waals surface area contributed by atoms with E-state index < -0.39 is 56.6 Å². The van der Waals surface area contributed by atoms with Gasteiger partial charge in [0.15, 0.2) is 6.10 Å². The van der Waals surface area contributed by atoms with Crippen molar-refractivity contribution in [3.63, 3.8) is 0 Å². The summed E-state index contributed by atoms with van der Waals surface area (Å²) in [4.78, 5) is 25.8. The number of ether oxygens (including phenoxy) is 2. The fourth-order valence-electron chi connectivity index (χ4n) is 2.87. The number of alkyl halides is 3. The minimum absolute atomic E-state index is 0.344. The van der Waals surface area contributed by atoms with Crippen LogP contribution in [0, 0.1) is 5.92 Å². The molecule has 1 aromatic rings. The lowest BCUT2D eigenvalue weighted by molar-refractivity contribution is -0.162. The van der Waals surface area contributed by atoms with Gasteiger partial charge in [0.2, 0.25) is 10.0 Å². The predicted molar refractivity (Wildman–Crippen MR) is 103 cm³/mol. The molecule has 1 amide bonds. The van der Waals surface area contributed by atoms with Crippen LogP contribution in [0.2, 0.25) is 0 Å². The van der Waals surface area contributed by atoms with Gasteiger partial charge in [0.1, 0.15) is 6.04 Å². The second-order valence-electron chi connectivity index (χ2n) is 7.39. The van der Waals surface area contributed by atoms with Gasteiger partial charge in [-0.2, -0.15) is 17.9 Å². The molecule has 2 rings (SSSR count). The minimum atomic E-state index is -4.73. The van der Waals surface area contributed by atoms with Crippen LogP contribution in [-0.2, 0) is 35.3 Å². The molecule has 1 N–H and O–H groups in total. The molecule has 2 atom stereocenters. The Bertz CT molecular complexity index is 898. The van der Waals surface area contributed by atoms with E-state index in [-0.39, 0.29) is 0 Å². The zero-order valence-electron chi connectivity index (χ0n) is 17.3. The van der Waals surface area contributed by atoms with Crippen LogP contribution in [0.5, 0.6) is 0 Å². The Balaban J connectivity index is 2.14. The fraction of sp³-hybridized carbons (Fsp3) is 0.579. The first kappa shape index (κ1) is 25.1. The number of esters is 1. The lowest BCUT2D eigenvalue weighted by Gasteiger charge is -2.30. The molecule has 0 spiro atoms. The van der Waals surface area contributed by atoms with Crippen molar-refractivity contribution in [2.24, 2.45) is 5.92 Å². The van der Waals surface area contributed by atoms with Crippen LogP contribution in [0.4, 0.5) is 13.2 Å². The Morgan fingerprint density at radius 3 is 2.32 bits per heavy atom. The molecule has 0 aromatic heterocycles. The number of nitrogens with zero attached hydrogens (tertiary/aromatic N) is 1. The van der Waals surface area contributed by atoms with E-state index in [4.69, 9.17) is 9.47 Å². The van der Waals surface area contributed by atoms with Crippen LogP contribution >= 0.6 is 0 Å². The van der Waals surface area contributed by atoms with E-state index in [9.17, 15) is 31.2 Å². The van der Waals surface area contributed by atoms with Gasteiger partial charge in [-0.25, -0.2) is 8.42 Å². The summed E-state index contributed by atoms with van der Waals surface area (Å²) < 4.78 is 76.4. The first-order valence-corrected chi connectivity index (χ1v) is 11.1.